The summed E-state index contributed by atoms with van der Waals surface area (Å²) in [6.07, 6.45) is -1.05. The average Bonchev–Trinajstić information content (AvgIpc) is 2.73. The lowest BCUT2D eigenvalue weighted by molar-refractivity contribution is -0.153. The SMILES string of the molecule is CC1CCC(Nc2ccccc2OCC(F)(F)F)C1. The van der Waals surface area contributed by atoms with E-state index in [0.717, 1.165) is 19.3 Å². The average molecular weight is 273 g/mol. The second-order valence-corrected chi connectivity index (χ2v) is 5.16. The van der Waals surface area contributed by atoms with Gasteiger partial charge in [0, 0.05) is 6.04 Å². The van der Waals surface area contributed by atoms with E-state index in [9.17, 15) is 13.2 Å². The van der Waals surface area contributed by atoms with Crippen molar-refractivity contribution in [2.75, 3.05) is 11.9 Å². The Morgan fingerprint density at radius 3 is 2.63 bits per heavy atom. The van der Waals surface area contributed by atoms with Crippen molar-refractivity contribution in [3.8, 4) is 5.75 Å². The highest BCUT2D eigenvalue weighted by Crippen LogP contribution is 2.32. The summed E-state index contributed by atoms with van der Waals surface area (Å²) < 4.78 is 41.4. The first kappa shape index (κ1) is 14.0. The van der Waals surface area contributed by atoms with Crippen molar-refractivity contribution >= 4 is 5.69 Å². The molecule has 0 aromatic heterocycles. The Morgan fingerprint density at radius 2 is 2.00 bits per heavy atom. The Kier molecular flexibility index (Phi) is 4.22. The van der Waals surface area contributed by atoms with Crippen LogP contribution in [0.1, 0.15) is 26.2 Å². The fraction of sp³-hybridized carbons (Fsp3) is 0.571. The van der Waals surface area contributed by atoms with Gasteiger partial charge in [-0.25, -0.2) is 0 Å². The Morgan fingerprint density at radius 1 is 1.26 bits per heavy atom. The molecule has 1 N–H and O–H groups in total. The third kappa shape index (κ3) is 4.33. The molecule has 1 aliphatic carbocycles. The molecule has 2 nitrogen and oxygen atoms in total. The summed E-state index contributed by atoms with van der Waals surface area (Å²) in [6.45, 7) is 0.931. The molecule has 0 bridgehead atoms. The standard InChI is InChI=1S/C14H18F3NO/c1-10-6-7-11(8-10)18-12-4-2-3-5-13(12)19-9-14(15,16)17/h2-5,10-11,18H,6-9H2,1H3. The van der Waals surface area contributed by atoms with E-state index < -0.39 is 12.8 Å². The van der Waals surface area contributed by atoms with Gasteiger partial charge >= 0.3 is 6.18 Å². The lowest BCUT2D eigenvalue weighted by atomic mass is 10.1. The minimum Gasteiger partial charge on any atom is -0.482 e. The van der Waals surface area contributed by atoms with E-state index in [1.807, 2.05) is 0 Å². The van der Waals surface area contributed by atoms with Crippen LogP contribution in [0.3, 0.4) is 0 Å². The second-order valence-electron chi connectivity index (χ2n) is 5.16. The molecule has 2 rings (SSSR count). The van der Waals surface area contributed by atoms with Crippen molar-refractivity contribution < 1.29 is 17.9 Å². The molecule has 0 saturated heterocycles. The molecule has 0 heterocycles. The van der Waals surface area contributed by atoms with E-state index in [-0.39, 0.29) is 5.75 Å². The summed E-state index contributed by atoms with van der Waals surface area (Å²) in [5, 5.41) is 3.28. The van der Waals surface area contributed by atoms with E-state index in [2.05, 4.69) is 12.2 Å². The second kappa shape index (κ2) is 5.72. The largest absolute Gasteiger partial charge is 0.482 e. The van der Waals surface area contributed by atoms with Crippen molar-refractivity contribution in [3.05, 3.63) is 24.3 Å². The molecule has 0 radical (unpaired) electrons. The van der Waals surface area contributed by atoms with Crippen LogP contribution in [0.25, 0.3) is 0 Å². The summed E-state index contributed by atoms with van der Waals surface area (Å²) >= 11 is 0. The molecule has 2 atom stereocenters. The van der Waals surface area contributed by atoms with E-state index in [0.29, 0.717) is 17.6 Å². The fourth-order valence-electron chi connectivity index (χ4n) is 2.43. The minimum atomic E-state index is -4.31. The summed E-state index contributed by atoms with van der Waals surface area (Å²) in [7, 11) is 0. The number of anilines is 1. The van der Waals surface area contributed by atoms with Crippen LogP contribution in [0.15, 0.2) is 24.3 Å². The Bertz CT molecular complexity index is 419. The van der Waals surface area contributed by atoms with Gasteiger partial charge < -0.3 is 10.1 Å². The number of nitrogens with one attached hydrogen (secondary N) is 1. The number of para-hydroxylation sites is 2. The van der Waals surface area contributed by atoms with Crippen LogP contribution in [0.5, 0.6) is 5.75 Å². The maximum absolute atomic E-state index is 12.2. The van der Waals surface area contributed by atoms with Gasteiger partial charge in [-0.1, -0.05) is 19.1 Å². The number of alkyl halides is 3. The molecule has 2 unspecified atom stereocenters. The van der Waals surface area contributed by atoms with Gasteiger partial charge in [-0.3, -0.25) is 0 Å². The third-order valence-corrected chi connectivity index (χ3v) is 3.33. The molecule has 1 aromatic rings. The highest BCUT2D eigenvalue weighted by Gasteiger charge is 2.29. The molecule has 5 heteroatoms. The molecule has 1 aromatic carbocycles. The zero-order chi connectivity index (χ0) is 13.9. The number of halogens is 3. The molecular formula is C14H18F3NO. The van der Waals surface area contributed by atoms with Crippen LogP contribution in [0, 0.1) is 5.92 Å². The van der Waals surface area contributed by atoms with Gasteiger partial charge in [-0.05, 0) is 37.3 Å². The zero-order valence-corrected chi connectivity index (χ0v) is 10.8. The summed E-state index contributed by atoms with van der Waals surface area (Å²) in [4.78, 5) is 0. The van der Waals surface area contributed by atoms with Crippen LogP contribution < -0.4 is 10.1 Å². The van der Waals surface area contributed by atoms with Gasteiger partial charge in [0.25, 0.3) is 0 Å². The topological polar surface area (TPSA) is 21.3 Å². The first-order valence-corrected chi connectivity index (χ1v) is 6.49. The molecule has 0 amide bonds. The number of benzene rings is 1. The van der Waals surface area contributed by atoms with Crippen molar-refractivity contribution in [1.29, 1.82) is 0 Å². The lowest BCUT2D eigenvalue weighted by Crippen LogP contribution is -2.21. The van der Waals surface area contributed by atoms with E-state index in [1.54, 1.807) is 24.3 Å². The maximum Gasteiger partial charge on any atom is 0.422 e. The Hall–Kier alpha value is -1.39. The third-order valence-electron chi connectivity index (χ3n) is 3.33. The normalized spacial score (nSPS) is 23.4. The zero-order valence-electron chi connectivity index (χ0n) is 10.8. The predicted molar refractivity (Wildman–Crippen MR) is 68.4 cm³/mol. The molecule has 1 fully saturated rings. The van der Waals surface area contributed by atoms with Gasteiger partial charge in [0.05, 0.1) is 5.69 Å². The van der Waals surface area contributed by atoms with Gasteiger partial charge in [0.2, 0.25) is 0 Å². The van der Waals surface area contributed by atoms with E-state index >= 15 is 0 Å². The summed E-state index contributed by atoms with van der Waals surface area (Å²) in [5.41, 5.74) is 0.644. The molecule has 0 aliphatic heterocycles. The maximum atomic E-state index is 12.2. The number of rotatable bonds is 4. The van der Waals surface area contributed by atoms with Crippen LogP contribution in [-0.2, 0) is 0 Å². The smallest absolute Gasteiger partial charge is 0.422 e. The van der Waals surface area contributed by atoms with Crippen molar-refractivity contribution in [2.45, 2.75) is 38.4 Å². The summed E-state index contributed by atoms with van der Waals surface area (Å²) in [6, 6.07) is 7.11. The van der Waals surface area contributed by atoms with E-state index in [1.165, 1.54) is 0 Å². The first-order valence-electron chi connectivity index (χ1n) is 6.49. The molecule has 1 aliphatic rings. The highest BCUT2D eigenvalue weighted by molar-refractivity contribution is 5.56. The first-order chi connectivity index (χ1) is 8.94. The predicted octanol–water partition coefficient (Wildman–Crippen LogP) is 4.23. The number of ether oxygens (including phenoxy) is 1. The lowest BCUT2D eigenvalue weighted by Gasteiger charge is -2.18. The molecular weight excluding hydrogens is 255 g/mol. The van der Waals surface area contributed by atoms with Crippen LogP contribution in [-0.4, -0.2) is 18.8 Å². The van der Waals surface area contributed by atoms with Crippen LogP contribution >= 0.6 is 0 Å². The van der Waals surface area contributed by atoms with Crippen molar-refractivity contribution in [2.24, 2.45) is 5.92 Å². The monoisotopic (exact) mass is 273 g/mol. The fourth-order valence-corrected chi connectivity index (χ4v) is 2.43. The van der Waals surface area contributed by atoms with Gasteiger partial charge in [0.15, 0.2) is 6.61 Å². The highest BCUT2D eigenvalue weighted by atomic mass is 19.4. The Labute approximate surface area is 111 Å². The molecule has 19 heavy (non-hydrogen) atoms. The summed E-state index contributed by atoms with van der Waals surface area (Å²) in [5.74, 6) is 0.931. The van der Waals surface area contributed by atoms with Crippen molar-refractivity contribution in [1.82, 2.24) is 0 Å². The quantitative estimate of drug-likeness (QED) is 0.886. The Balaban J connectivity index is 1.99. The van der Waals surface area contributed by atoms with Gasteiger partial charge in [-0.15, -0.1) is 0 Å². The van der Waals surface area contributed by atoms with Crippen LogP contribution in [0.2, 0.25) is 0 Å². The molecule has 0 spiro atoms. The van der Waals surface area contributed by atoms with Crippen LogP contribution in [0.4, 0.5) is 18.9 Å². The number of hydrogen-bond acceptors (Lipinski definition) is 2. The van der Waals surface area contributed by atoms with Crippen molar-refractivity contribution in [3.63, 3.8) is 0 Å². The van der Waals surface area contributed by atoms with Gasteiger partial charge in [-0.2, -0.15) is 13.2 Å². The van der Waals surface area contributed by atoms with E-state index in [4.69, 9.17) is 4.74 Å². The molecule has 106 valence electrons. The minimum absolute atomic E-state index is 0.263. The number of hydrogen-bond donors (Lipinski definition) is 1. The van der Waals surface area contributed by atoms with Gasteiger partial charge in [0.1, 0.15) is 5.75 Å². The molecule has 1 saturated carbocycles.